The molecular formula is C15H10BrN3O2. The van der Waals surface area contributed by atoms with Gasteiger partial charge in [-0.25, -0.2) is 0 Å². The van der Waals surface area contributed by atoms with Crippen LogP contribution in [0, 0.1) is 18.3 Å². The van der Waals surface area contributed by atoms with Gasteiger partial charge in [0.2, 0.25) is 5.43 Å². The fraction of sp³-hybridized carbons (Fsp3) is 0.133. The summed E-state index contributed by atoms with van der Waals surface area (Å²) in [6.45, 7) is 2.25. The summed E-state index contributed by atoms with van der Waals surface area (Å²) in [5.74, 6) is 0.721. The van der Waals surface area contributed by atoms with Crippen molar-refractivity contribution in [2.75, 3.05) is 0 Å². The second kappa shape index (κ2) is 5.19. The van der Waals surface area contributed by atoms with E-state index in [0.29, 0.717) is 11.9 Å². The lowest BCUT2D eigenvalue weighted by molar-refractivity contribution is 0.389. The van der Waals surface area contributed by atoms with Crippen molar-refractivity contribution in [2.45, 2.75) is 13.5 Å². The molecule has 3 aromatic rings. The number of aryl methyl sites for hydroxylation is 1. The van der Waals surface area contributed by atoms with Gasteiger partial charge in [0.25, 0.3) is 0 Å². The van der Waals surface area contributed by atoms with Gasteiger partial charge in [0, 0.05) is 22.1 Å². The van der Waals surface area contributed by atoms with E-state index in [1.165, 1.54) is 0 Å². The molecule has 0 saturated carbocycles. The normalized spacial score (nSPS) is 10.7. The molecular weight excluding hydrogens is 334 g/mol. The van der Waals surface area contributed by atoms with Crippen LogP contribution in [0.2, 0.25) is 0 Å². The molecule has 0 bridgehead atoms. The van der Waals surface area contributed by atoms with Crippen LogP contribution in [-0.2, 0) is 6.54 Å². The maximum absolute atomic E-state index is 12.2. The highest BCUT2D eigenvalue weighted by Crippen LogP contribution is 2.19. The number of nitriles is 1. The quantitative estimate of drug-likeness (QED) is 0.717. The first-order valence-electron chi connectivity index (χ1n) is 6.23. The molecule has 0 unspecified atom stereocenters. The largest absolute Gasteiger partial charge is 0.361 e. The number of rotatable bonds is 2. The van der Waals surface area contributed by atoms with E-state index in [-0.39, 0.29) is 11.0 Å². The van der Waals surface area contributed by atoms with Crippen molar-refractivity contribution in [3.8, 4) is 6.07 Å². The van der Waals surface area contributed by atoms with E-state index >= 15 is 0 Å². The molecule has 2 heterocycles. The van der Waals surface area contributed by atoms with Crippen molar-refractivity contribution < 1.29 is 4.52 Å². The molecule has 0 aliphatic rings. The lowest BCUT2D eigenvalue weighted by atomic mass is 10.1. The second-order valence-corrected chi connectivity index (χ2v) is 5.62. The van der Waals surface area contributed by atoms with Gasteiger partial charge in [-0.2, -0.15) is 5.26 Å². The topological polar surface area (TPSA) is 71.8 Å². The second-order valence-electron chi connectivity index (χ2n) is 4.70. The molecule has 104 valence electrons. The summed E-state index contributed by atoms with van der Waals surface area (Å²) in [5.41, 5.74) is 1.34. The molecule has 0 radical (unpaired) electrons. The number of hydrogen-bond donors (Lipinski definition) is 0. The first-order valence-corrected chi connectivity index (χ1v) is 7.03. The predicted molar refractivity (Wildman–Crippen MR) is 81.0 cm³/mol. The van der Waals surface area contributed by atoms with Crippen molar-refractivity contribution in [3.05, 3.63) is 62.2 Å². The fourth-order valence-electron chi connectivity index (χ4n) is 2.25. The number of fused-ring (bicyclic) bond motifs is 1. The van der Waals surface area contributed by atoms with Crippen molar-refractivity contribution in [2.24, 2.45) is 0 Å². The molecule has 0 N–H and O–H groups in total. The van der Waals surface area contributed by atoms with Crippen LogP contribution in [0.15, 0.2) is 44.3 Å². The van der Waals surface area contributed by atoms with Crippen LogP contribution in [0.3, 0.4) is 0 Å². The van der Waals surface area contributed by atoms with E-state index in [0.717, 1.165) is 21.4 Å². The Balaban J connectivity index is 2.24. The fourth-order valence-corrected chi connectivity index (χ4v) is 2.61. The van der Waals surface area contributed by atoms with Crippen LogP contribution in [0.4, 0.5) is 0 Å². The number of nitrogens with zero attached hydrogens (tertiary/aromatic N) is 3. The number of hydrogen-bond acceptors (Lipinski definition) is 4. The maximum Gasteiger partial charge on any atom is 0.207 e. The molecule has 0 amide bonds. The van der Waals surface area contributed by atoms with Gasteiger partial charge >= 0.3 is 0 Å². The molecule has 0 fully saturated rings. The van der Waals surface area contributed by atoms with E-state index in [1.54, 1.807) is 12.3 Å². The molecule has 0 atom stereocenters. The van der Waals surface area contributed by atoms with E-state index in [9.17, 15) is 4.79 Å². The van der Waals surface area contributed by atoms with Gasteiger partial charge < -0.3 is 9.09 Å². The number of pyridine rings is 1. The van der Waals surface area contributed by atoms with Gasteiger partial charge in [-0.15, -0.1) is 0 Å². The minimum absolute atomic E-state index is 0.112. The Morgan fingerprint density at radius 1 is 1.43 bits per heavy atom. The van der Waals surface area contributed by atoms with Gasteiger partial charge in [0.15, 0.2) is 0 Å². The maximum atomic E-state index is 12.2. The summed E-state index contributed by atoms with van der Waals surface area (Å²) in [5, 5.41) is 13.6. The molecule has 21 heavy (non-hydrogen) atoms. The summed E-state index contributed by atoms with van der Waals surface area (Å²) in [4.78, 5) is 12.2. The Morgan fingerprint density at radius 3 is 2.90 bits per heavy atom. The minimum Gasteiger partial charge on any atom is -0.361 e. The van der Waals surface area contributed by atoms with Crippen LogP contribution in [0.1, 0.15) is 17.0 Å². The molecule has 0 aliphatic heterocycles. The Morgan fingerprint density at radius 2 is 2.24 bits per heavy atom. The number of aromatic nitrogens is 2. The molecule has 0 saturated heterocycles. The van der Waals surface area contributed by atoms with Gasteiger partial charge in [-0.1, -0.05) is 21.1 Å². The van der Waals surface area contributed by atoms with E-state index in [1.807, 2.05) is 35.8 Å². The molecule has 3 rings (SSSR count). The molecule has 5 nitrogen and oxygen atoms in total. The highest BCUT2D eigenvalue weighted by atomic mass is 79.9. The SMILES string of the molecule is Cc1cc(Cn2cc(C#N)c(=O)c3cc(Br)ccc32)no1. The third kappa shape index (κ3) is 2.48. The number of benzene rings is 1. The van der Waals surface area contributed by atoms with Gasteiger partial charge in [-0.05, 0) is 25.1 Å². The minimum atomic E-state index is -0.263. The Kier molecular flexibility index (Phi) is 3.35. The smallest absolute Gasteiger partial charge is 0.207 e. The van der Waals surface area contributed by atoms with E-state index in [2.05, 4.69) is 21.1 Å². The Bertz CT molecular complexity index is 934. The summed E-state index contributed by atoms with van der Waals surface area (Å²) in [6, 6.07) is 9.20. The highest BCUT2D eigenvalue weighted by Gasteiger charge is 2.11. The predicted octanol–water partition coefficient (Wildman–Crippen LogP) is 2.98. The van der Waals surface area contributed by atoms with E-state index < -0.39 is 0 Å². The summed E-state index contributed by atoms with van der Waals surface area (Å²) >= 11 is 3.35. The number of halogens is 1. The third-order valence-corrected chi connectivity index (χ3v) is 3.67. The Hall–Kier alpha value is -2.39. The first kappa shape index (κ1) is 13.6. The van der Waals surface area contributed by atoms with Crippen LogP contribution < -0.4 is 5.43 Å². The zero-order valence-corrected chi connectivity index (χ0v) is 12.7. The zero-order valence-electron chi connectivity index (χ0n) is 11.1. The molecule has 1 aromatic carbocycles. The first-order chi connectivity index (χ1) is 10.1. The summed E-state index contributed by atoms with van der Waals surface area (Å²) < 4.78 is 7.68. The lowest BCUT2D eigenvalue weighted by Crippen LogP contribution is -2.13. The van der Waals surface area contributed by atoms with Crippen molar-refractivity contribution in [1.29, 1.82) is 5.26 Å². The molecule has 0 aliphatic carbocycles. The zero-order chi connectivity index (χ0) is 15.0. The van der Waals surface area contributed by atoms with Crippen molar-refractivity contribution >= 4 is 26.8 Å². The highest BCUT2D eigenvalue weighted by molar-refractivity contribution is 9.10. The van der Waals surface area contributed by atoms with Gasteiger partial charge in [0.05, 0.1) is 12.1 Å². The Labute approximate surface area is 128 Å². The van der Waals surface area contributed by atoms with Crippen LogP contribution in [-0.4, -0.2) is 9.72 Å². The van der Waals surface area contributed by atoms with E-state index in [4.69, 9.17) is 9.78 Å². The van der Waals surface area contributed by atoms with Crippen LogP contribution >= 0.6 is 15.9 Å². The van der Waals surface area contributed by atoms with Crippen molar-refractivity contribution in [1.82, 2.24) is 9.72 Å². The van der Waals surface area contributed by atoms with Crippen LogP contribution in [0.25, 0.3) is 10.9 Å². The monoisotopic (exact) mass is 343 g/mol. The third-order valence-electron chi connectivity index (χ3n) is 3.17. The molecule has 0 spiro atoms. The van der Waals surface area contributed by atoms with Crippen molar-refractivity contribution in [3.63, 3.8) is 0 Å². The lowest BCUT2D eigenvalue weighted by Gasteiger charge is -2.10. The van der Waals surface area contributed by atoms with Gasteiger partial charge in [0.1, 0.15) is 23.1 Å². The standard InChI is InChI=1S/C15H10BrN3O2/c1-9-4-12(18-21-9)8-19-7-10(6-17)15(20)13-5-11(16)2-3-14(13)19/h2-5,7H,8H2,1H3. The molecule has 2 aromatic heterocycles. The summed E-state index contributed by atoms with van der Waals surface area (Å²) in [6.07, 6.45) is 1.56. The average molecular weight is 344 g/mol. The molecule has 6 heteroatoms. The summed E-state index contributed by atoms with van der Waals surface area (Å²) in [7, 11) is 0. The average Bonchev–Trinajstić information content (AvgIpc) is 2.87. The van der Waals surface area contributed by atoms with Crippen LogP contribution in [0.5, 0.6) is 0 Å². The van der Waals surface area contributed by atoms with Gasteiger partial charge in [-0.3, -0.25) is 4.79 Å².